The Morgan fingerprint density at radius 3 is 2.43 bits per heavy atom. The third-order valence-electron chi connectivity index (χ3n) is 6.29. The van der Waals surface area contributed by atoms with Crippen LogP contribution in [-0.2, 0) is 19.1 Å². The number of hydrogen-bond donors (Lipinski definition) is 0. The molecule has 1 aliphatic heterocycles. The third-order valence-corrected chi connectivity index (χ3v) is 7.21. The van der Waals surface area contributed by atoms with Crippen molar-refractivity contribution in [3.8, 4) is 0 Å². The van der Waals surface area contributed by atoms with E-state index in [1.165, 1.54) is 17.7 Å². The Balaban J connectivity index is 1.33. The fraction of sp³-hybridized carbons (Fsp3) is 0.320. The van der Waals surface area contributed by atoms with Crippen LogP contribution >= 0.6 is 11.3 Å². The molecule has 0 saturated carbocycles. The molecule has 0 N–H and O–H groups in total. The molecule has 0 amide bonds. The van der Waals surface area contributed by atoms with E-state index in [1.54, 1.807) is 17.4 Å². The predicted molar refractivity (Wildman–Crippen MR) is 129 cm³/mol. The van der Waals surface area contributed by atoms with Crippen LogP contribution in [0, 0.1) is 0 Å². The summed E-state index contributed by atoms with van der Waals surface area (Å²) in [5.41, 5.74) is 1.20. The monoisotopic (exact) mass is 498 g/mol. The Bertz CT molecular complexity index is 1220. The van der Waals surface area contributed by atoms with Crippen LogP contribution in [0.25, 0.3) is 0 Å². The van der Waals surface area contributed by atoms with Crippen molar-refractivity contribution in [2.24, 2.45) is 0 Å². The molecule has 0 aliphatic carbocycles. The molecule has 1 aliphatic rings. The number of aromatic nitrogens is 4. The third kappa shape index (κ3) is 5.38. The lowest BCUT2D eigenvalue weighted by Crippen LogP contribution is -2.48. The number of thiophene rings is 1. The van der Waals surface area contributed by atoms with E-state index in [4.69, 9.17) is 0 Å². The van der Waals surface area contributed by atoms with Gasteiger partial charge in [-0.25, -0.2) is 4.68 Å². The van der Waals surface area contributed by atoms with E-state index in [0.717, 1.165) is 23.2 Å². The molecular formula is C25H25F3N6S. The largest absolute Gasteiger partial charge is 0.416 e. The van der Waals surface area contributed by atoms with Gasteiger partial charge in [0.2, 0.25) is 0 Å². The maximum absolute atomic E-state index is 13.2. The van der Waals surface area contributed by atoms with Crippen molar-refractivity contribution in [1.82, 2.24) is 25.1 Å². The number of piperazine rings is 1. The van der Waals surface area contributed by atoms with Gasteiger partial charge in [-0.05, 0) is 52.1 Å². The summed E-state index contributed by atoms with van der Waals surface area (Å²) >= 11 is 1.66. The minimum atomic E-state index is -4.35. The van der Waals surface area contributed by atoms with Crippen LogP contribution in [0.15, 0.2) is 72.1 Å². The molecule has 182 valence electrons. The van der Waals surface area contributed by atoms with Crippen molar-refractivity contribution >= 4 is 17.0 Å². The topological polar surface area (TPSA) is 50.1 Å². The average molecular weight is 499 g/mol. The van der Waals surface area contributed by atoms with Crippen molar-refractivity contribution in [1.29, 1.82) is 0 Å². The lowest BCUT2D eigenvalue weighted by molar-refractivity contribution is -0.137. The fourth-order valence-corrected chi connectivity index (χ4v) is 5.34. The second kappa shape index (κ2) is 10.2. The lowest BCUT2D eigenvalue weighted by atomic mass is 10.1. The van der Waals surface area contributed by atoms with Crippen molar-refractivity contribution in [3.63, 3.8) is 0 Å². The number of alkyl halides is 3. The van der Waals surface area contributed by atoms with Crippen LogP contribution in [-0.4, -0.2) is 51.3 Å². The Morgan fingerprint density at radius 2 is 1.71 bits per heavy atom. The summed E-state index contributed by atoms with van der Waals surface area (Å²) in [6.45, 7) is 3.27. The first-order chi connectivity index (χ1) is 17.0. The molecule has 0 radical (unpaired) electrons. The zero-order valence-corrected chi connectivity index (χ0v) is 19.8. The Morgan fingerprint density at radius 1 is 0.914 bits per heavy atom. The van der Waals surface area contributed by atoms with Crippen LogP contribution in [0.2, 0.25) is 0 Å². The van der Waals surface area contributed by atoms with Crippen LogP contribution in [0.3, 0.4) is 0 Å². The van der Waals surface area contributed by atoms with Crippen molar-refractivity contribution in [2.75, 3.05) is 31.1 Å². The highest BCUT2D eigenvalue weighted by atomic mass is 32.1. The number of nitrogens with zero attached hydrogens (tertiary/aromatic N) is 6. The molecule has 4 aromatic rings. The highest BCUT2D eigenvalue weighted by Gasteiger charge is 2.33. The van der Waals surface area contributed by atoms with E-state index in [2.05, 4.69) is 38.6 Å². The van der Waals surface area contributed by atoms with Crippen LogP contribution in [0.4, 0.5) is 18.9 Å². The molecule has 1 saturated heterocycles. The summed E-state index contributed by atoms with van der Waals surface area (Å²) in [7, 11) is 0. The number of hydrogen-bond acceptors (Lipinski definition) is 6. The van der Waals surface area contributed by atoms with Crippen molar-refractivity contribution in [2.45, 2.75) is 25.2 Å². The molecule has 35 heavy (non-hydrogen) atoms. The standard InChI is InChI=1S/C25H25F3N6S/c26-25(27,28)20-8-4-9-21(18-20)32-13-15-33(16-14-32)23(22-10-5-17-35-22)24-29-30-31-34(24)12-11-19-6-2-1-3-7-19/h1-10,17-18,23H,11-16H2/t23-/m0/s1. The highest BCUT2D eigenvalue weighted by Crippen LogP contribution is 2.34. The van der Waals surface area contributed by atoms with Gasteiger partial charge in [0.15, 0.2) is 5.82 Å². The van der Waals surface area contributed by atoms with Gasteiger partial charge in [-0.3, -0.25) is 4.90 Å². The smallest absolute Gasteiger partial charge is 0.369 e. The van der Waals surface area contributed by atoms with Gasteiger partial charge in [0.1, 0.15) is 6.04 Å². The fourth-order valence-electron chi connectivity index (χ4n) is 4.48. The second-order valence-corrected chi connectivity index (χ2v) is 9.46. The minimum absolute atomic E-state index is 0.107. The number of tetrazole rings is 1. The van der Waals surface area contributed by atoms with Gasteiger partial charge in [0.25, 0.3) is 0 Å². The number of halogens is 3. The Labute approximate surface area is 205 Å². The van der Waals surface area contributed by atoms with Gasteiger partial charge in [0.05, 0.1) is 5.56 Å². The first kappa shape index (κ1) is 23.5. The van der Waals surface area contributed by atoms with Crippen LogP contribution in [0.5, 0.6) is 0 Å². The summed E-state index contributed by atoms with van der Waals surface area (Å²) < 4.78 is 41.4. The number of anilines is 1. The van der Waals surface area contributed by atoms with Gasteiger partial charge in [-0.1, -0.05) is 42.5 Å². The maximum Gasteiger partial charge on any atom is 0.416 e. The minimum Gasteiger partial charge on any atom is -0.369 e. The number of aryl methyl sites for hydroxylation is 2. The first-order valence-electron chi connectivity index (χ1n) is 11.5. The second-order valence-electron chi connectivity index (χ2n) is 8.48. The maximum atomic E-state index is 13.2. The molecule has 2 aromatic carbocycles. The van der Waals surface area contributed by atoms with E-state index < -0.39 is 11.7 Å². The zero-order chi connectivity index (χ0) is 24.3. The molecular weight excluding hydrogens is 473 g/mol. The van der Waals surface area contributed by atoms with E-state index in [0.29, 0.717) is 38.4 Å². The molecule has 5 rings (SSSR count). The van der Waals surface area contributed by atoms with E-state index in [1.807, 2.05) is 39.2 Å². The molecule has 1 fully saturated rings. The first-order valence-corrected chi connectivity index (χ1v) is 12.4. The van der Waals surface area contributed by atoms with Gasteiger partial charge >= 0.3 is 6.18 Å². The lowest BCUT2D eigenvalue weighted by Gasteiger charge is -2.39. The van der Waals surface area contributed by atoms with Gasteiger partial charge in [-0.15, -0.1) is 16.4 Å². The quantitative estimate of drug-likeness (QED) is 0.363. The average Bonchev–Trinajstić information content (AvgIpc) is 3.57. The van der Waals surface area contributed by atoms with Gasteiger partial charge < -0.3 is 4.90 Å². The number of benzene rings is 2. The predicted octanol–water partition coefficient (Wildman–Crippen LogP) is 4.91. The number of rotatable bonds is 7. The zero-order valence-electron chi connectivity index (χ0n) is 19.0. The van der Waals surface area contributed by atoms with E-state index in [-0.39, 0.29) is 6.04 Å². The molecule has 0 unspecified atom stereocenters. The highest BCUT2D eigenvalue weighted by molar-refractivity contribution is 7.10. The summed E-state index contributed by atoms with van der Waals surface area (Å²) in [4.78, 5) is 5.48. The molecule has 10 heteroatoms. The van der Waals surface area contributed by atoms with Crippen LogP contribution < -0.4 is 4.90 Å². The van der Waals surface area contributed by atoms with Crippen molar-refractivity contribution in [3.05, 3.63) is 93.9 Å². The normalized spacial score (nSPS) is 15.9. The van der Waals surface area contributed by atoms with E-state index >= 15 is 0 Å². The summed E-state index contributed by atoms with van der Waals surface area (Å²) in [5, 5.41) is 14.7. The Kier molecular flexibility index (Phi) is 6.83. The molecule has 1 atom stereocenters. The SMILES string of the molecule is FC(F)(F)c1cccc(N2CCN([C@@H](c3cccs3)c3nnnn3CCc3ccccc3)CC2)c1. The van der Waals surface area contributed by atoms with Crippen LogP contribution in [0.1, 0.15) is 27.9 Å². The summed E-state index contributed by atoms with van der Waals surface area (Å²) in [6, 6.07) is 19.8. The van der Waals surface area contributed by atoms with Gasteiger partial charge in [-0.2, -0.15) is 13.2 Å². The van der Waals surface area contributed by atoms with Gasteiger partial charge in [0, 0.05) is 43.3 Å². The molecule has 0 spiro atoms. The Hall–Kier alpha value is -3.24. The molecule has 3 heterocycles. The summed E-state index contributed by atoms with van der Waals surface area (Å²) in [5.74, 6) is 0.788. The summed E-state index contributed by atoms with van der Waals surface area (Å²) in [6.07, 6.45) is -3.53. The molecule has 6 nitrogen and oxygen atoms in total. The molecule has 0 bridgehead atoms. The van der Waals surface area contributed by atoms with E-state index in [9.17, 15) is 13.2 Å². The molecule has 2 aromatic heterocycles. The van der Waals surface area contributed by atoms with Crippen molar-refractivity contribution < 1.29 is 13.2 Å².